The second kappa shape index (κ2) is 6.08. The van der Waals surface area contributed by atoms with Crippen molar-refractivity contribution in [3.8, 4) is 17.0 Å². The van der Waals surface area contributed by atoms with Crippen LogP contribution in [0.3, 0.4) is 0 Å². The highest BCUT2D eigenvalue weighted by molar-refractivity contribution is 6.01. The molecule has 0 fully saturated rings. The molecule has 1 aromatic carbocycles. The van der Waals surface area contributed by atoms with E-state index < -0.39 is 5.91 Å². The van der Waals surface area contributed by atoms with Gasteiger partial charge in [-0.25, -0.2) is 9.50 Å². The third-order valence-electron chi connectivity index (χ3n) is 3.61. The Morgan fingerprint density at radius 2 is 2.00 bits per heavy atom. The molecule has 8 heteroatoms. The molecule has 0 aliphatic heterocycles. The molecule has 0 spiro atoms. The summed E-state index contributed by atoms with van der Waals surface area (Å²) >= 11 is 0. The number of nitrogens with zero attached hydrogens (tertiary/aromatic N) is 4. The molecule has 25 heavy (non-hydrogen) atoms. The summed E-state index contributed by atoms with van der Waals surface area (Å²) in [5.74, 6) is 0.853. The SMILES string of the molecule is COc1ccc(-c2ccc3nc(NC(=O)c4ccno4)cn3n2)cc1. The maximum atomic E-state index is 12.0. The van der Waals surface area contributed by atoms with Crippen LogP contribution in [0.1, 0.15) is 10.6 Å². The first-order valence-electron chi connectivity index (χ1n) is 7.46. The van der Waals surface area contributed by atoms with Crippen molar-refractivity contribution in [3.05, 3.63) is 60.6 Å². The van der Waals surface area contributed by atoms with Crippen LogP contribution in [0.5, 0.6) is 5.75 Å². The molecule has 0 atom stereocenters. The quantitative estimate of drug-likeness (QED) is 0.616. The zero-order valence-electron chi connectivity index (χ0n) is 13.2. The largest absolute Gasteiger partial charge is 0.497 e. The van der Waals surface area contributed by atoms with Crippen molar-refractivity contribution in [3.63, 3.8) is 0 Å². The van der Waals surface area contributed by atoms with E-state index in [0.717, 1.165) is 17.0 Å². The van der Waals surface area contributed by atoms with Crippen molar-refractivity contribution in [2.24, 2.45) is 0 Å². The van der Waals surface area contributed by atoms with Crippen molar-refractivity contribution < 1.29 is 14.1 Å². The van der Waals surface area contributed by atoms with Crippen LogP contribution in [0, 0.1) is 0 Å². The summed E-state index contributed by atoms with van der Waals surface area (Å²) < 4.78 is 11.6. The molecular weight excluding hydrogens is 322 g/mol. The summed E-state index contributed by atoms with van der Waals surface area (Å²) in [6.07, 6.45) is 3.04. The van der Waals surface area contributed by atoms with Gasteiger partial charge in [-0.2, -0.15) is 5.10 Å². The number of aromatic nitrogens is 4. The predicted molar refractivity (Wildman–Crippen MR) is 89.4 cm³/mol. The second-order valence-electron chi connectivity index (χ2n) is 5.21. The number of rotatable bonds is 4. The van der Waals surface area contributed by atoms with Crippen LogP contribution in [0.15, 0.2) is 59.4 Å². The molecule has 8 nitrogen and oxygen atoms in total. The molecule has 4 rings (SSSR count). The molecule has 0 radical (unpaired) electrons. The van der Waals surface area contributed by atoms with Crippen LogP contribution in [0.4, 0.5) is 5.82 Å². The number of fused-ring (bicyclic) bond motifs is 1. The van der Waals surface area contributed by atoms with E-state index in [4.69, 9.17) is 9.26 Å². The third-order valence-corrected chi connectivity index (χ3v) is 3.61. The Kier molecular flexibility index (Phi) is 3.62. The van der Waals surface area contributed by atoms with Gasteiger partial charge in [0.1, 0.15) is 5.75 Å². The number of benzene rings is 1. The van der Waals surface area contributed by atoms with E-state index in [1.54, 1.807) is 17.8 Å². The van der Waals surface area contributed by atoms with E-state index >= 15 is 0 Å². The van der Waals surface area contributed by atoms with Crippen molar-refractivity contribution in [1.82, 2.24) is 19.8 Å². The van der Waals surface area contributed by atoms with Crippen LogP contribution in [0.25, 0.3) is 16.9 Å². The zero-order valence-corrected chi connectivity index (χ0v) is 13.2. The number of anilines is 1. The molecule has 3 aromatic heterocycles. The monoisotopic (exact) mass is 335 g/mol. The summed E-state index contributed by atoms with van der Waals surface area (Å²) in [6, 6.07) is 12.8. The third kappa shape index (κ3) is 2.92. The van der Waals surface area contributed by atoms with Crippen LogP contribution >= 0.6 is 0 Å². The topological polar surface area (TPSA) is 94.5 Å². The number of hydrogen-bond acceptors (Lipinski definition) is 6. The van der Waals surface area contributed by atoms with Gasteiger partial charge in [0.25, 0.3) is 5.91 Å². The maximum Gasteiger partial charge on any atom is 0.295 e. The second-order valence-corrected chi connectivity index (χ2v) is 5.21. The van der Waals surface area contributed by atoms with E-state index in [1.165, 1.54) is 12.3 Å². The lowest BCUT2D eigenvalue weighted by Crippen LogP contribution is -2.10. The Hall–Kier alpha value is -3.68. The molecule has 0 saturated heterocycles. The Morgan fingerprint density at radius 1 is 1.16 bits per heavy atom. The molecule has 0 saturated carbocycles. The van der Waals surface area contributed by atoms with Crippen LogP contribution < -0.4 is 10.1 Å². The van der Waals surface area contributed by atoms with Gasteiger partial charge in [-0.15, -0.1) is 0 Å². The minimum atomic E-state index is -0.420. The van der Waals surface area contributed by atoms with Gasteiger partial charge in [-0.1, -0.05) is 5.16 Å². The number of carbonyl (C=O) groups excluding carboxylic acids is 1. The van der Waals surface area contributed by atoms with Crippen molar-refractivity contribution in [2.75, 3.05) is 12.4 Å². The lowest BCUT2D eigenvalue weighted by Gasteiger charge is -2.03. The predicted octanol–water partition coefficient (Wildman–Crippen LogP) is 2.65. The first kappa shape index (κ1) is 14.9. The summed E-state index contributed by atoms with van der Waals surface area (Å²) in [5.41, 5.74) is 2.34. The molecule has 124 valence electrons. The highest BCUT2D eigenvalue weighted by atomic mass is 16.5. The fourth-order valence-electron chi connectivity index (χ4n) is 2.37. The lowest BCUT2D eigenvalue weighted by molar-refractivity contribution is 0.0987. The Balaban J connectivity index is 1.61. The summed E-state index contributed by atoms with van der Waals surface area (Å²) in [6.45, 7) is 0. The van der Waals surface area contributed by atoms with Gasteiger partial charge in [0.05, 0.1) is 25.2 Å². The van der Waals surface area contributed by atoms with Gasteiger partial charge in [-0.3, -0.25) is 4.79 Å². The highest BCUT2D eigenvalue weighted by Gasteiger charge is 2.12. The number of amides is 1. The number of hydrogen-bond donors (Lipinski definition) is 1. The van der Waals surface area contributed by atoms with E-state index in [2.05, 4.69) is 20.6 Å². The van der Waals surface area contributed by atoms with Crippen LogP contribution in [-0.4, -0.2) is 32.8 Å². The standard InChI is InChI=1S/C17H13N5O3/c1-24-12-4-2-11(3-5-12)13-6-7-16-19-15(10-22(16)21-13)20-17(23)14-8-9-18-25-14/h2-10H,1H3,(H,20,23). The van der Waals surface area contributed by atoms with Gasteiger partial charge in [0, 0.05) is 11.6 Å². The number of nitrogens with one attached hydrogen (secondary N) is 1. The maximum absolute atomic E-state index is 12.0. The van der Waals surface area contributed by atoms with Gasteiger partial charge >= 0.3 is 0 Å². The molecule has 0 unspecified atom stereocenters. The summed E-state index contributed by atoms with van der Waals surface area (Å²) in [7, 11) is 1.62. The van der Waals surface area contributed by atoms with Gasteiger partial charge in [-0.05, 0) is 36.4 Å². The van der Waals surface area contributed by atoms with E-state index in [1.807, 2.05) is 36.4 Å². The molecule has 4 aromatic rings. The highest BCUT2D eigenvalue weighted by Crippen LogP contribution is 2.21. The molecule has 0 bridgehead atoms. The first-order valence-corrected chi connectivity index (χ1v) is 7.46. The minimum Gasteiger partial charge on any atom is -0.497 e. The van der Waals surface area contributed by atoms with Crippen molar-refractivity contribution in [2.45, 2.75) is 0 Å². The molecule has 1 amide bonds. The Labute approximate surface area is 142 Å². The van der Waals surface area contributed by atoms with Crippen LogP contribution in [0.2, 0.25) is 0 Å². The molecular formula is C17H13N5O3. The average molecular weight is 335 g/mol. The van der Waals surface area contributed by atoms with Crippen molar-refractivity contribution >= 4 is 17.4 Å². The number of ether oxygens (including phenoxy) is 1. The molecule has 3 heterocycles. The van der Waals surface area contributed by atoms with E-state index in [-0.39, 0.29) is 5.76 Å². The molecule has 1 N–H and O–H groups in total. The zero-order chi connectivity index (χ0) is 17.2. The van der Waals surface area contributed by atoms with Crippen molar-refractivity contribution in [1.29, 1.82) is 0 Å². The van der Waals surface area contributed by atoms with E-state index in [9.17, 15) is 4.79 Å². The normalized spacial score (nSPS) is 10.8. The lowest BCUT2D eigenvalue weighted by atomic mass is 10.1. The fraction of sp³-hybridized carbons (Fsp3) is 0.0588. The van der Waals surface area contributed by atoms with Crippen LogP contribution in [-0.2, 0) is 0 Å². The fourth-order valence-corrected chi connectivity index (χ4v) is 2.37. The Morgan fingerprint density at radius 3 is 2.72 bits per heavy atom. The summed E-state index contributed by atoms with van der Waals surface area (Å²) in [5, 5.41) is 10.7. The van der Waals surface area contributed by atoms with E-state index in [0.29, 0.717) is 11.5 Å². The number of carbonyl (C=O) groups is 1. The summed E-state index contributed by atoms with van der Waals surface area (Å²) in [4.78, 5) is 16.3. The number of methoxy groups -OCH3 is 1. The van der Waals surface area contributed by atoms with Gasteiger partial charge in [0.15, 0.2) is 11.5 Å². The average Bonchev–Trinajstić information content (AvgIpc) is 3.30. The molecule has 0 aliphatic rings. The smallest absolute Gasteiger partial charge is 0.295 e. The van der Waals surface area contributed by atoms with Gasteiger partial charge in [0.2, 0.25) is 5.76 Å². The van der Waals surface area contributed by atoms with Gasteiger partial charge < -0.3 is 14.6 Å². The first-order chi connectivity index (χ1) is 12.2. The molecule has 0 aliphatic carbocycles. The number of imidazole rings is 1. The minimum absolute atomic E-state index is 0.115. The Bertz CT molecular complexity index is 1020.